The van der Waals surface area contributed by atoms with Crippen molar-refractivity contribution in [1.29, 1.82) is 0 Å². The van der Waals surface area contributed by atoms with Gasteiger partial charge < -0.3 is 9.67 Å². The Morgan fingerprint density at radius 3 is 2.78 bits per heavy atom. The van der Waals surface area contributed by atoms with Crippen molar-refractivity contribution >= 4 is 17.1 Å². The SMILES string of the molecule is Cn1c(C2C(C(=O)O)C2(C)C)nc2ncccc21. The third-order valence-electron chi connectivity index (χ3n) is 4.06. The molecule has 0 spiro atoms. The monoisotopic (exact) mass is 245 g/mol. The number of fused-ring (bicyclic) bond motifs is 1. The van der Waals surface area contributed by atoms with Crippen molar-refractivity contribution in [2.45, 2.75) is 19.8 Å². The van der Waals surface area contributed by atoms with Gasteiger partial charge in [0, 0.05) is 19.2 Å². The molecule has 2 heterocycles. The van der Waals surface area contributed by atoms with E-state index in [2.05, 4.69) is 9.97 Å². The van der Waals surface area contributed by atoms with Crippen molar-refractivity contribution < 1.29 is 9.90 Å². The molecule has 5 nitrogen and oxygen atoms in total. The third-order valence-corrected chi connectivity index (χ3v) is 4.06. The van der Waals surface area contributed by atoms with Crippen molar-refractivity contribution in [3.05, 3.63) is 24.2 Å². The average Bonchev–Trinajstić information content (AvgIpc) is 2.73. The first-order valence-electron chi connectivity index (χ1n) is 5.94. The van der Waals surface area contributed by atoms with E-state index in [0.29, 0.717) is 5.65 Å². The van der Waals surface area contributed by atoms with Gasteiger partial charge in [-0.2, -0.15) is 0 Å². The zero-order chi connectivity index (χ0) is 13.1. The number of hydrogen-bond donors (Lipinski definition) is 1. The van der Waals surface area contributed by atoms with Gasteiger partial charge in [0.1, 0.15) is 5.82 Å². The lowest BCUT2D eigenvalue weighted by Gasteiger charge is -2.02. The molecule has 2 atom stereocenters. The molecule has 2 aromatic rings. The highest BCUT2D eigenvalue weighted by Gasteiger charge is 2.64. The number of rotatable bonds is 2. The minimum Gasteiger partial charge on any atom is -0.481 e. The van der Waals surface area contributed by atoms with E-state index in [0.717, 1.165) is 11.3 Å². The van der Waals surface area contributed by atoms with Crippen molar-refractivity contribution in [3.63, 3.8) is 0 Å². The zero-order valence-corrected chi connectivity index (χ0v) is 10.6. The Labute approximate surface area is 104 Å². The van der Waals surface area contributed by atoms with Crippen LogP contribution >= 0.6 is 0 Å². The molecule has 18 heavy (non-hydrogen) atoms. The summed E-state index contributed by atoms with van der Waals surface area (Å²) in [5.41, 5.74) is 1.39. The second kappa shape index (κ2) is 3.31. The van der Waals surface area contributed by atoms with Crippen molar-refractivity contribution in [1.82, 2.24) is 14.5 Å². The Morgan fingerprint density at radius 2 is 2.22 bits per heavy atom. The van der Waals surface area contributed by atoms with E-state index >= 15 is 0 Å². The second-order valence-corrected chi connectivity index (χ2v) is 5.49. The second-order valence-electron chi connectivity index (χ2n) is 5.49. The van der Waals surface area contributed by atoms with E-state index in [4.69, 9.17) is 0 Å². The number of nitrogens with zero attached hydrogens (tertiary/aromatic N) is 3. The summed E-state index contributed by atoms with van der Waals surface area (Å²) in [5, 5.41) is 9.23. The highest BCUT2D eigenvalue weighted by Crippen LogP contribution is 2.64. The number of carboxylic acids is 1. The molecule has 1 fully saturated rings. The number of aromatic nitrogens is 3. The van der Waals surface area contributed by atoms with Crippen LogP contribution in [0.25, 0.3) is 11.2 Å². The number of hydrogen-bond acceptors (Lipinski definition) is 3. The Kier molecular flexibility index (Phi) is 2.06. The smallest absolute Gasteiger partial charge is 0.307 e. The molecular weight excluding hydrogens is 230 g/mol. The van der Waals surface area contributed by atoms with Gasteiger partial charge in [0.05, 0.1) is 11.4 Å². The van der Waals surface area contributed by atoms with Crippen LogP contribution in [0.4, 0.5) is 0 Å². The van der Waals surface area contributed by atoms with Gasteiger partial charge in [-0.3, -0.25) is 4.79 Å². The van der Waals surface area contributed by atoms with Crippen LogP contribution in [0.3, 0.4) is 0 Å². The Balaban J connectivity index is 2.12. The molecule has 2 aromatic heterocycles. The maximum absolute atomic E-state index is 11.2. The van der Waals surface area contributed by atoms with E-state index in [1.54, 1.807) is 6.20 Å². The molecule has 3 rings (SSSR count). The Bertz CT molecular complexity index is 645. The molecule has 0 amide bonds. The fourth-order valence-electron chi connectivity index (χ4n) is 2.90. The quantitative estimate of drug-likeness (QED) is 0.875. The predicted molar refractivity (Wildman–Crippen MR) is 66.2 cm³/mol. The van der Waals surface area contributed by atoms with Gasteiger partial charge in [0.15, 0.2) is 5.65 Å². The molecule has 2 unspecified atom stereocenters. The first kappa shape index (κ1) is 11.2. The summed E-state index contributed by atoms with van der Waals surface area (Å²) < 4.78 is 1.96. The number of imidazole rings is 1. The molecule has 5 heteroatoms. The molecule has 1 saturated carbocycles. The van der Waals surface area contributed by atoms with Crippen molar-refractivity contribution in [3.8, 4) is 0 Å². The molecule has 1 aliphatic rings. The van der Waals surface area contributed by atoms with Gasteiger partial charge >= 0.3 is 5.97 Å². The summed E-state index contributed by atoms with van der Waals surface area (Å²) in [5.74, 6) is -0.312. The fourth-order valence-corrected chi connectivity index (χ4v) is 2.90. The molecule has 0 aromatic carbocycles. The summed E-state index contributed by atoms with van der Waals surface area (Å²) in [6.07, 6.45) is 1.70. The lowest BCUT2D eigenvalue weighted by atomic mass is 10.1. The summed E-state index contributed by atoms with van der Waals surface area (Å²) >= 11 is 0. The van der Waals surface area contributed by atoms with Crippen LogP contribution in [0, 0.1) is 11.3 Å². The minimum atomic E-state index is -0.745. The van der Waals surface area contributed by atoms with E-state index in [9.17, 15) is 9.90 Å². The van der Waals surface area contributed by atoms with Crippen LogP contribution in [0.1, 0.15) is 25.6 Å². The maximum Gasteiger partial charge on any atom is 0.307 e. The number of carboxylic acid groups (broad SMARTS) is 1. The van der Waals surface area contributed by atoms with Crippen molar-refractivity contribution in [2.75, 3.05) is 0 Å². The molecule has 1 N–H and O–H groups in total. The van der Waals surface area contributed by atoms with Crippen LogP contribution in [0.2, 0.25) is 0 Å². The normalized spacial score (nSPS) is 25.3. The maximum atomic E-state index is 11.2. The third kappa shape index (κ3) is 1.30. The van der Waals surface area contributed by atoms with Gasteiger partial charge in [-0.05, 0) is 17.5 Å². The van der Waals surface area contributed by atoms with Crippen LogP contribution in [0.15, 0.2) is 18.3 Å². The molecule has 0 radical (unpaired) electrons. The summed E-state index contributed by atoms with van der Waals surface area (Å²) in [6, 6.07) is 3.81. The summed E-state index contributed by atoms with van der Waals surface area (Å²) in [6.45, 7) is 3.95. The topological polar surface area (TPSA) is 68.0 Å². The van der Waals surface area contributed by atoms with Gasteiger partial charge in [-0.15, -0.1) is 0 Å². The number of aliphatic carboxylic acids is 1. The predicted octanol–water partition coefficient (Wildman–Crippen LogP) is 1.79. The zero-order valence-electron chi connectivity index (χ0n) is 10.6. The lowest BCUT2D eigenvalue weighted by Crippen LogP contribution is -2.03. The van der Waals surface area contributed by atoms with E-state index in [1.165, 1.54) is 0 Å². The highest BCUT2D eigenvalue weighted by molar-refractivity contribution is 5.78. The number of carbonyl (C=O) groups is 1. The van der Waals surface area contributed by atoms with Crippen LogP contribution < -0.4 is 0 Å². The first-order valence-corrected chi connectivity index (χ1v) is 5.94. The minimum absolute atomic E-state index is 0.0331. The van der Waals surface area contributed by atoms with E-state index < -0.39 is 5.97 Å². The molecule has 0 saturated heterocycles. The van der Waals surface area contributed by atoms with E-state index in [1.807, 2.05) is 37.6 Å². The standard InChI is InChI=1S/C13H15N3O2/c1-13(2)8(9(13)12(17)18)11-15-10-7(16(11)3)5-4-6-14-10/h4-6,8-9H,1-3H3,(H,17,18). The molecular formula is C13H15N3O2. The highest BCUT2D eigenvalue weighted by atomic mass is 16.4. The van der Waals surface area contributed by atoms with Crippen LogP contribution in [-0.4, -0.2) is 25.6 Å². The molecule has 0 bridgehead atoms. The van der Waals surface area contributed by atoms with Gasteiger partial charge in [-0.1, -0.05) is 13.8 Å². The van der Waals surface area contributed by atoms with Gasteiger partial charge in [0.25, 0.3) is 0 Å². The number of aryl methyl sites for hydroxylation is 1. The average molecular weight is 245 g/mol. The Morgan fingerprint density at radius 1 is 1.50 bits per heavy atom. The van der Waals surface area contributed by atoms with Crippen LogP contribution in [0.5, 0.6) is 0 Å². The molecule has 0 aliphatic heterocycles. The number of pyridine rings is 1. The largest absolute Gasteiger partial charge is 0.481 e. The summed E-state index contributed by atoms with van der Waals surface area (Å²) in [4.78, 5) is 19.9. The van der Waals surface area contributed by atoms with Gasteiger partial charge in [-0.25, -0.2) is 9.97 Å². The van der Waals surface area contributed by atoms with Crippen molar-refractivity contribution in [2.24, 2.45) is 18.4 Å². The first-order chi connectivity index (χ1) is 8.44. The molecule has 94 valence electrons. The van der Waals surface area contributed by atoms with E-state index in [-0.39, 0.29) is 17.3 Å². The van der Waals surface area contributed by atoms with Crippen LogP contribution in [-0.2, 0) is 11.8 Å². The summed E-state index contributed by atoms with van der Waals surface area (Å²) in [7, 11) is 1.92. The lowest BCUT2D eigenvalue weighted by molar-refractivity contribution is -0.139. The fraction of sp³-hybridized carbons (Fsp3) is 0.462. The molecule has 1 aliphatic carbocycles. The van der Waals surface area contributed by atoms with Gasteiger partial charge in [0.2, 0.25) is 0 Å². The Hall–Kier alpha value is -1.91.